The van der Waals surface area contributed by atoms with E-state index in [1.165, 1.54) is 0 Å². The number of carbonyl (C=O) groups is 3. The summed E-state index contributed by atoms with van der Waals surface area (Å²) in [5.41, 5.74) is 9.00. The van der Waals surface area contributed by atoms with Crippen LogP contribution in [0.1, 0.15) is 19.4 Å². The molecule has 32 heavy (non-hydrogen) atoms. The highest BCUT2D eigenvalue weighted by Crippen LogP contribution is 2.22. The lowest BCUT2D eigenvalue weighted by Crippen LogP contribution is -2.52. The zero-order valence-corrected chi connectivity index (χ0v) is 18.1. The number of nitrogens with one attached hydrogen (secondary N) is 1. The lowest BCUT2D eigenvalue weighted by atomic mass is 10.0. The lowest BCUT2D eigenvalue weighted by molar-refractivity contribution is -0.147. The SMILES string of the molecule is CC(C)CN(CC(O)C(=O)O)C(=O)N[C@@H](Cc1ccc(-c2cccc(N)c2)cc1)C(=O)O. The van der Waals surface area contributed by atoms with Crippen molar-refractivity contribution in [1.29, 1.82) is 0 Å². The Kier molecular flexibility index (Phi) is 8.60. The van der Waals surface area contributed by atoms with Crippen molar-refractivity contribution in [3.05, 3.63) is 54.1 Å². The topological polar surface area (TPSA) is 153 Å². The second-order valence-corrected chi connectivity index (χ2v) is 8.02. The van der Waals surface area contributed by atoms with Gasteiger partial charge in [0.15, 0.2) is 6.10 Å². The average molecular weight is 444 g/mol. The van der Waals surface area contributed by atoms with Crippen LogP contribution in [0.4, 0.5) is 10.5 Å². The molecule has 0 heterocycles. The van der Waals surface area contributed by atoms with Crippen LogP contribution in [-0.2, 0) is 16.0 Å². The van der Waals surface area contributed by atoms with Crippen LogP contribution >= 0.6 is 0 Å². The first kappa shape index (κ1) is 24.7. The molecule has 0 aliphatic rings. The zero-order chi connectivity index (χ0) is 23.8. The van der Waals surface area contributed by atoms with Crippen LogP contribution in [0.5, 0.6) is 0 Å². The molecule has 0 spiro atoms. The minimum Gasteiger partial charge on any atom is -0.480 e. The van der Waals surface area contributed by atoms with Crippen molar-refractivity contribution in [3.63, 3.8) is 0 Å². The molecular formula is C23H29N3O6. The predicted molar refractivity (Wildman–Crippen MR) is 120 cm³/mol. The van der Waals surface area contributed by atoms with E-state index in [1.54, 1.807) is 18.2 Å². The number of nitrogen functional groups attached to an aromatic ring is 1. The highest BCUT2D eigenvalue weighted by Gasteiger charge is 2.27. The van der Waals surface area contributed by atoms with E-state index in [0.717, 1.165) is 16.0 Å². The van der Waals surface area contributed by atoms with Gasteiger partial charge < -0.3 is 31.3 Å². The summed E-state index contributed by atoms with van der Waals surface area (Å²) in [6.07, 6.45) is -1.72. The molecule has 6 N–H and O–H groups in total. The molecule has 0 bridgehead atoms. The molecule has 2 amide bonds. The van der Waals surface area contributed by atoms with Crippen molar-refractivity contribution in [2.75, 3.05) is 18.8 Å². The fourth-order valence-electron chi connectivity index (χ4n) is 3.20. The summed E-state index contributed by atoms with van der Waals surface area (Å²) >= 11 is 0. The quantitative estimate of drug-likeness (QED) is 0.352. The van der Waals surface area contributed by atoms with Crippen molar-refractivity contribution in [1.82, 2.24) is 10.2 Å². The smallest absolute Gasteiger partial charge is 0.334 e. The zero-order valence-electron chi connectivity index (χ0n) is 18.1. The third kappa shape index (κ3) is 7.28. The Balaban J connectivity index is 2.11. The summed E-state index contributed by atoms with van der Waals surface area (Å²) in [5.74, 6) is -2.69. The Labute approximate surface area is 186 Å². The van der Waals surface area contributed by atoms with Crippen molar-refractivity contribution in [2.45, 2.75) is 32.4 Å². The first-order chi connectivity index (χ1) is 15.1. The fourth-order valence-corrected chi connectivity index (χ4v) is 3.20. The molecule has 2 aromatic rings. The number of amides is 2. The molecule has 2 aromatic carbocycles. The van der Waals surface area contributed by atoms with Gasteiger partial charge in [0.25, 0.3) is 0 Å². The van der Waals surface area contributed by atoms with Crippen LogP contribution in [0.3, 0.4) is 0 Å². The Hall–Kier alpha value is -3.59. The number of carbonyl (C=O) groups excluding carboxylic acids is 1. The van der Waals surface area contributed by atoms with Gasteiger partial charge in [0.05, 0.1) is 6.54 Å². The van der Waals surface area contributed by atoms with Crippen LogP contribution in [0, 0.1) is 5.92 Å². The molecule has 0 saturated heterocycles. The fraction of sp³-hybridized carbons (Fsp3) is 0.348. The number of aliphatic hydroxyl groups is 1. The average Bonchev–Trinajstić information content (AvgIpc) is 2.72. The number of carboxylic acid groups (broad SMARTS) is 2. The molecule has 2 atom stereocenters. The Bertz CT molecular complexity index is 945. The number of rotatable bonds is 10. The van der Waals surface area contributed by atoms with Gasteiger partial charge in [-0.2, -0.15) is 0 Å². The molecule has 0 aliphatic carbocycles. The van der Waals surface area contributed by atoms with E-state index in [1.807, 2.05) is 44.2 Å². The third-order valence-corrected chi connectivity index (χ3v) is 4.76. The number of aliphatic carboxylic acids is 2. The van der Waals surface area contributed by atoms with Crippen LogP contribution in [0.25, 0.3) is 11.1 Å². The molecule has 9 nitrogen and oxygen atoms in total. The number of hydrogen-bond acceptors (Lipinski definition) is 5. The maximum Gasteiger partial charge on any atom is 0.334 e. The number of nitrogens with two attached hydrogens (primary N) is 1. The number of urea groups is 1. The number of carboxylic acids is 2. The second-order valence-electron chi connectivity index (χ2n) is 8.02. The molecular weight excluding hydrogens is 414 g/mol. The van der Waals surface area contributed by atoms with Gasteiger partial charge in [0, 0.05) is 18.7 Å². The van der Waals surface area contributed by atoms with E-state index >= 15 is 0 Å². The number of anilines is 1. The van der Waals surface area contributed by atoms with Gasteiger partial charge in [-0.15, -0.1) is 0 Å². The first-order valence-corrected chi connectivity index (χ1v) is 10.2. The molecule has 0 saturated carbocycles. The van der Waals surface area contributed by atoms with Crippen LogP contribution in [0.2, 0.25) is 0 Å². The molecule has 0 aromatic heterocycles. The second kappa shape index (κ2) is 11.1. The van der Waals surface area contributed by atoms with Gasteiger partial charge in [-0.1, -0.05) is 50.2 Å². The van der Waals surface area contributed by atoms with Crippen molar-refractivity contribution >= 4 is 23.7 Å². The minimum atomic E-state index is -1.76. The van der Waals surface area contributed by atoms with Crippen molar-refractivity contribution in [3.8, 4) is 11.1 Å². The van der Waals surface area contributed by atoms with E-state index in [-0.39, 0.29) is 18.9 Å². The van der Waals surface area contributed by atoms with Gasteiger partial charge in [-0.05, 0) is 34.7 Å². The predicted octanol–water partition coefficient (Wildman–Crippen LogP) is 2.04. The molecule has 172 valence electrons. The van der Waals surface area contributed by atoms with Gasteiger partial charge in [0.1, 0.15) is 6.04 Å². The summed E-state index contributed by atoms with van der Waals surface area (Å²) in [5, 5.41) is 30.6. The highest BCUT2D eigenvalue weighted by atomic mass is 16.4. The number of hydrogen-bond donors (Lipinski definition) is 5. The highest BCUT2D eigenvalue weighted by molar-refractivity contribution is 5.83. The van der Waals surface area contributed by atoms with E-state index in [4.69, 9.17) is 10.8 Å². The molecule has 2 rings (SSSR count). The normalized spacial score (nSPS) is 12.8. The maximum absolute atomic E-state index is 12.6. The van der Waals surface area contributed by atoms with Crippen LogP contribution < -0.4 is 11.1 Å². The summed E-state index contributed by atoms with van der Waals surface area (Å²) < 4.78 is 0. The van der Waals surface area contributed by atoms with Gasteiger partial charge in [-0.25, -0.2) is 14.4 Å². The van der Waals surface area contributed by atoms with Crippen LogP contribution in [0.15, 0.2) is 48.5 Å². The van der Waals surface area contributed by atoms with Crippen LogP contribution in [-0.4, -0.2) is 63.4 Å². The summed E-state index contributed by atoms with van der Waals surface area (Å²) in [6, 6.07) is 12.7. The van der Waals surface area contributed by atoms with Gasteiger partial charge >= 0.3 is 18.0 Å². The Morgan fingerprint density at radius 1 is 0.969 bits per heavy atom. The van der Waals surface area contributed by atoms with Crippen molar-refractivity contribution in [2.24, 2.45) is 5.92 Å². The van der Waals surface area contributed by atoms with Gasteiger partial charge in [0.2, 0.25) is 0 Å². The summed E-state index contributed by atoms with van der Waals surface area (Å²) in [7, 11) is 0. The molecule has 0 fully saturated rings. The largest absolute Gasteiger partial charge is 0.480 e. The molecule has 0 aliphatic heterocycles. The Morgan fingerprint density at radius 2 is 1.62 bits per heavy atom. The maximum atomic E-state index is 12.6. The van der Waals surface area contributed by atoms with E-state index < -0.39 is 36.7 Å². The van der Waals surface area contributed by atoms with E-state index in [2.05, 4.69) is 5.32 Å². The third-order valence-electron chi connectivity index (χ3n) is 4.76. The molecule has 0 radical (unpaired) electrons. The number of nitrogens with zero attached hydrogens (tertiary/aromatic N) is 1. The number of aliphatic hydroxyl groups excluding tert-OH is 1. The minimum absolute atomic E-state index is 0.00964. The number of benzene rings is 2. The lowest BCUT2D eigenvalue weighted by Gasteiger charge is -2.27. The van der Waals surface area contributed by atoms with E-state index in [0.29, 0.717) is 11.3 Å². The van der Waals surface area contributed by atoms with E-state index in [9.17, 15) is 24.6 Å². The molecule has 1 unspecified atom stereocenters. The summed E-state index contributed by atoms with van der Waals surface area (Å²) in [6.45, 7) is 3.37. The summed E-state index contributed by atoms with van der Waals surface area (Å²) in [4.78, 5) is 36.5. The standard InChI is InChI=1S/C23H29N3O6/c1-14(2)12-26(13-20(27)22(30)31)23(32)25-19(21(28)29)10-15-6-8-16(9-7-15)17-4-3-5-18(24)11-17/h3-9,11,14,19-20,27H,10,12-13,24H2,1-2H3,(H,25,32)(H,28,29)(H,30,31)/t19-,20?/m0/s1. The van der Waals surface area contributed by atoms with Gasteiger partial charge in [-0.3, -0.25) is 0 Å². The van der Waals surface area contributed by atoms with Crippen molar-refractivity contribution < 1.29 is 29.7 Å². The first-order valence-electron chi connectivity index (χ1n) is 10.2. The monoisotopic (exact) mass is 443 g/mol. The Morgan fingerprint density at radius 3 is 2.16 bits per heavy atom. The molecule has 9 heteroatoms.